The van der Waals surface area contributed by atoms with Gasteiger partial charge in [-0.25, -0.2) is 0 Å². The van der Waals surface area contributed by atoms with E-state index in [4.69, 9.17) is 0 Å². The summed E-state index contributed by atoms with van der Waals surface area (Å²) in [6.07, 6.45) is 1.39. The summed E-state index contributed by atoms with van der Waals surface area (Å²) in [7, 11) is 1.40. The molecule has 0 aliphatic carbocycles. The summed E-state index contributed by atoms with van der Waals surface area (Å²) in [6.45, 7) is 3.26. The Kier molecular flexibility index (Phi) is 2.59. The Morgan fingerprint density at radius 1 is 2.00 bits per heavy atom. The Hall–Kier alpha value is -0.243. The van der Waals surface area contributed by atoms with E-state index in [1.54, 1.807) is 0 Å². The SMILES string of the molecule is C=CO[SiH2]. The van der Waals surface area contributed by atoms with Crippen LogP contribution in [-0.2, 0) is 4.43 Å². The first-order chi connectivity index (χ1) is 1.91. The quantitative estimate of drug-likeness (QED) is 0.306. The van der Waals surface area contributed by atoms with Gasteiger partial charge in [0.2, 0.25) is 10.5 Å². The fourth-order valence-corrected chi connectivity index (χ4v) is 0. The third-order valence-corrected chi connectivity index (χ3v) is 0.354. The zero-order valence-corrected chi connectivity index (χ0v) is 3.81. The fourth-order valence-electron chi connectivity index (χ4n) is 0. The zero-order valence-electron chi connectivity index (χ0n) is 2.40. The lowest BCUT2D eigenvalue weighted by Gasteiger charge is -1.73. The average Bonchev–Trinajstić information content (AvgIpc) is 1.37. The van der Waals surface area contributed by atoms with Gasteiger partial charge in [0.1, 0.15) is 0 Å². The van der Waals surface area contributed by atoms with Gasteiger partial charge in [-0.2, -0.15) is 0 Å². The molecule has 0 heterocycles. The van der Waals surface area contributed by atoms with Crippen molar-refractivity contribution >= 4 is 10.5 Å². The van der Waals surface area contributed by atoms with Crippen LogP contribution in [-0.4, -0.2) is 10.5 Å². The van der Waals surface area contributed by atoms with Gasteiger partial charge >= 0.3 is 0 Å². The average molecular weight is 73.1 g/mol. The summed E-state index contributed by atoms with van der Waals surface area (Å²) in [6, 6.07) is 0. The predicted molar refractivity (Wildman–Crippen MR) is 19.8 cm³/mol. The summed E-state index contributed by atoms with van der Waals surface area (Å²) in [4.78, 5) is 0. The normalized spacial score (nSPS) is 5.25. The van der Waals surface area contributed by atoms with Crippen molar-refractivity contribution in [2.75, 3.05) is 0 Å². The summed E-state index contributed by atoms with van der Waals surface area (Å²) >= 11 is 0. The van der Waals surface area contributed by atoms with E-state index in [-0.39, 0.29) is 0 Å². The van der Waals surface area contributed by atoms with Crippen LogP contribution >= 0.6 is 0 Å². The number of hydrogen-bond acceptors (Lipinski definition) is 1. The van der Waals surface area contributed by atoms with Gasteiger partial charge in [0.15, 0.2) is 0 Å². The van der Waals surface area contributed by atoms with E-state index in [0.717, 1.165) is 0 Å². The summed E-state index contributed by atoms with van der Waals surface area (Å²) in [5, 5.41) is 0. The molecule has 0 aromatic rings. The van der Waals surface area contributed by atoms with Gasteiger partial charge in [-0.3, -0.25) is 0 Å². The van der Waals surface area contributed by atoms with E-state index < -0.39 is 0 Å². The summed E-state index contributed by atoms with van der Waals surface area (Å²) in [5.74, 6) is 0. The Labute approximate surface area is 28.8 Å². The van der Waals surface area contributed by atoms with Crippen molar-refractivity contribution in [1.29, 1.82) is 0 Å². The van der Waals surface area contributed by atoms with Crippen molar-refractivity contribution in [3.8, 4) is 0 Å². The molecule has 23 valence electrons. The minimum absolute atomic E-state index is 1.39. The zero-order chi connectivity index (χ0) is 3.41. The molecule has 0 rings (SSSR count). The second-order valence-corrected chi connectivity index (χ2v) is 0.667. The number of rotatable bonds is 1. The molecule has 0 atom stereocenters. The standard InChI is InChI=1S/C2H5OSi/c1-2-3-4/h2H,1,4H2. The van der Waals surface area contributed by atoms with Gasteiger partial charge in [-0.05, 0) is 0 Å². The smallest absolute Gasteiger partial charge is 0.242 e. The lowest BCUT2D eigenvalue weighted by atomic mass is 11.2. The molecule has 0 aromatic heterocycles. The molecular formula is C2H5OSi. The highest BCUT2D eigenvalue weighted by Gasteiger charge is 1.37. The van der Waals surface area contributed by atoms with E-state index >= 15 is 0 Å². The molecule has 1 nitrogen and oxygen atoms in total. The molecule has 0 aliphatic rings. The van der Waals surface area contributed by atoms with Gasteiger partial charge in [0, 0.05) is 0 Å². The highest BCUT2D eigenvalue weighted by molar-refractivity contribution is 5.98. The predicted octanol–water partition coefficient (Wildman–Crippen LogP) is -0.305. The minimum Gasteiger partial charge on any atom is -0.555 e. The van der Waals surface area contributed by atoms with Gasteiger partial charge in [0.25, 0.3) is 0 Å². The third-order valence-electron chi connectivity index (χ3n) is 0.118. The first-order valence-corrected chi connectivity index (χ1v) is 1.51. The first kappa shape index (κ1) is 3.76. The lowest BCUT2D eigenvalue weighted by molar-refractivity contribution is 0.537. The van der Waals surface area contributed by atoms with Gasteiger partial charge in [0.05, 0.1) is 6.26 Å². The molecule has 0 aliphatic heterocycles. The summed E-state index contributed by atoms with van der Waals surface area (Å²) in [5.41, 5.74) is 0. The van der Waals surface area contributed by atoms with E-state index in [2.05, 4.69) is 11.0 Å². The molecule has 1 radical (unpaired) electrons. The highest BCUT2D eigenvalue weighted by Crippen LogP contribution is 1.50. The van der Waals surface area contributed by atoms with Crippen LogP contribution in [0.5, 0.6) is 0 Å². The maximum absolute atomic E-state index is 4.33. The van der Waals surface area contributed by atoms with Gasteiger partial charge in [-0.15, -0.1) is 0 Å². The third kappa shape index (κ3) is 1.76. The van der Waals surface area contributed by atoms with Crippen LogP contribution < -0.4 is 0 Å². The van der Waals surface area contributed by atoms with Gasteiger partial charge < -0.3 is 4.43 Å². The number of hydrogen-bond donors (Lipinski definition) is 0. The maximum Gasteiger partial charge on any atom is 0.242 e. The van der Waals surface area contributed by atoms with Crippen molar-refractivity contribution < 1.29 is 4.43 Å². The molecule has 0 saturated heterocycles. The van der Waals surface area contributed by atoms with Crippen molar-refractivity contribution in [3.63, 3.8) is 0 Å². The molecule has 0 unspecified atom stereocenters. The molecule has 0 bridgehead atoms. The van der Waals surface area contributed by atoms with Gasteiger partial charge in [-0.1, -0.05) is 6.58 Å². The van der Waals surface area contributed by atoms with Crippen molar-refractivity contribution in [1.82, 2.24) is 0 Å². The van der Waals surface area contributed by atoms with Crippen LogP contribution in [0.2, 0.25) is 0 Å². The molecule has 0 saturated carbocycles. The van der Waals surface area contributed by atoms with Crippen molar-refractivity contribution in [2.24, 2.45) is 0 Å². The largest absolute Gasteiger partial charge is 0.555 e. The molecular weight excluding hydrogens is 68.1 g/mol. The Morgan fingerprint density at radius 3 is 2.25 bits per heavy atom. The Morgan fingerprint density at radius 2 is 2.25 bits per heavy atom. The molecule has 0 N–H and O–H groups in total. The molecule has 0 fully saturated rings. The van der Waals surface area contributed by atoms with Crippen molar-refractivity contribution in [2.45, 2.75) is 0 Å². The molecule has 4 heavy (non-hydrogen) atoms. The lowest BCUT2D eigenvalue weighted by Crippen LogP contribution is -1.59. The fraction of sp³-hybridized carbons (Fsp3) is 0. The second-order valence-electron chi connectivity index (χ2n) is 0.333. The van der Waals surface area contributed by atoms with E-state index in [1.165, 1.54) is 16.7 Å². The van der Waals surface area contributed by atoms with E-state index in [1.807, 2.05) is 0 Å². The minimum atomic E-state index is 1.39. The first-order valence-electron chi connectivity index (χ1n) is 0.933. The van der Waals surface area contributed by atoms with E-state index in [0.29, 0.717) is 0 Å². The van der Waals surface area contributed by atoms with Crippen LogP contribution in [0.4, 0.5) is 0 Å². The highest BCUT2D eigenvalue weighted by atomic mass is 28.2. The molecule has 0 aromatic carbocycles. The van der Waals surface area contributed by atoms with Crippen LogP contribution in [0.15, 0.2) is 12.8 Å². The Balaban J connectivity index is 2.30. The van der Waals surface area contributed by atoms with Crippen LogP contribution in [0.3, 0.4) is 0 Å². The topological polar surface area (TPSA) is 9.23 Å². The van der Waals surface area contributed by atoms with Crippen LogP contribution in [0.25, 0.3) is 0 Å². The van der Waals surface area contributed by atoms with Crippen LogP contribution in [0, 0.1) is 0 Å². The summed E-state index contributed by atoms with van der Waals surface area (Å²) < 4.78 is 4.33. The molecule has 0 spiro atoms. The van der Waals surface area contributed by atoms with Crippen LogP contribution in [0.1, 0.15) is 0 Å². The maximum atomic E-state index is 4.33. The monoisotopic (exact) mass is 73.0 g/mol. The second kappa shape index (κ2) is 2.76. The molecule has 2 heteroatoms. The van der Waals surface area contributed by atoms with E-state index in [9.17, 15) is 0 Å². The Bertz CT molecular complexity index is 20.0. The van der Waals surface area contributed by atoms with Crippen molar-refractivity contribution in [3.05, 3.63) is 12.8 Å². The molecule has 0 amide bonds.